The normalized spacial score (nSPS) is 14.9. The van der Waals surface area contributed by atoms with Crippen molar-refractivity contribution in [2.24, 2.45) is 5.92 Å². The first-order valence-corrected chi connectivity index (χ1v) is 9.99. The highest BCUT2D eigenvalue weighted by Crippen LogP contribution is 2.20. The molecule has 1 aliphatic heterocycles. The molecule has 0 bridgehead atoms. The van der Waals surface area contributed by atoms with Crippen molar-refractivity contribution in [1.29, 1.82) is 0 Å². The van der Waals surface area contributed by atoms with Crippen molar-refractivity contribution in [2.75, 3.05) is 25.0 Å². The summed E-state index contributed by atoms with van der Waals surface area (Å²) in [4.78, 5) is 26.3. The summed E-state index contributed by atoms with van der Waals surface area (Å²) in [7, 11) is 0. The van der Waals surface area contributed by atoms with E-state index in [2.05, 4.69) is 10.6 Å². The third-order valence-corrected chi connectivity index (χ3v) is 5.57. The largest absolute Gasteiger partial charge is 0.356 e. The van der Waals surface area contributed by atoms with Gasteiger partial charge in [0.05, 0.1) is 5.00 Å². The van der Waals surface area contributed by atoms with Gasteiger partial charge in [0.1, 0.15) is 0 Å². The number of likely N-dealkylation sites (tertiary alicyclic amines) is 1. The second-order valence-corrected chi connectivity index (χ2v) is 7.72. The molecule has 26 heavy (non-hydrogen) atoms. The average Bonchev–Trinajstić information content (AvgIpc) is 3.16. The molecule has 7 heteroatoms. The number of benzene rings is 1. The first-order valence-electron chi connectivity index (χ1n) is 8.73. The molecule has 1 aromatic carbocycles. The number of amides is 3. The van der Waals surface area contributed by atoms with Crippen LogP contribution < -0.4 is 10.6 Å². The number of urea groups is 1. The van der Waals surface area contributed by atoms with E-state index in [-0.39, 0.29) is 17.9 Å². The third-order valence-electron chi connectivity index (χ3n) is 4.53. The monoisotopic (exact) mass is 391 g/mol. The number of thiophene rings is 1. The van der Waals surface area contributed by atoms with Crippen molar-refractivity contribution in [2.45, 2.75) is 19.3 Å². The SMILES string of the molecule is O=C(NCCc1ccc(Cl)cc1)C1CCN(C(=O)Nc2cccs2)CC1. The van der Waals surface area contributed by atoms with Crippen LogP contribution in [0.2, 0.25) is 5.02 Å². The molecule has 2 aromatic rings. The van der Waals surface area contributed by atoms with Gasteiger partial charge in [0.15, 0.2) is 0 Å². The lowest BCUT2D eigenvalue weighted by molar-refractivity contribution is -0.126. The molecule has 5 nitrogen and oxygen atoms in total. The summed E-state index contributed by atoms with van der Waals surface area (Å²) < 4.78 is 0. The molecule has 0 atom stereocenters. The van der Waals surface area contributed by atoms with E-state index in [1.165, 1.54) is 11.3 Å². The average molecular weight is 392 g/mol. The van der Waals surface area contributed by atoms with Crippen LogP contribution in [0.5, 0.6) is 0 Å². The van der Waals surface area contributed by atoms with Gasteiger partial charge in [0.2, 0.25) is 5.91 Å². The molecule has 0 aliphatic carbocycles. The lowest BCUT2D eigenvalue weighted by Gasteiger charge is -2.31. The van der Waals surface area contributed by atoms with Gasteiger partial charge in [-0.25, -0.2) is 4.79 Å². The van der Waals surface area contributed by atoms with E-state index in [1.807, 2.05) is 41.8 Å². The van der Waals surface area contributed by atoms with Crippen LogP contribution in [-0.2, 0) is 11.2 Å². The Bertz CT molecular complexity index is 726. The molecule has 0 saturated carbocycles. The molecule has 3 amide bonds. The molecule has 3 rings (SSSR count). The van der Waals surface area contributed by atoms with Crippen LogP contribution in [0.15, 0.2) is 41.8 Å². The van der Waals surface area contributed by atoms with E-state index in [4.69, 9.17) is 11.6 Å². The van der Waals surface area contributed by atoms with E-state index in [9.17, 15) is 9.59 Å². The van der Waals surface area contributed by atoms with Gasteiger partial charge in [-0.05, 0) is 54.5 Å². The number of nitrogens with one attached hydrogen (secondary N) is 2. The van der Waals surface area contributed by atoms with Crippen LogP contribution >= 0.6 is 22.9 Å². The molecule has 138 valence electrons. The molecule has 1 fully saturated rings. The van der Waals surface area contributed by atoms with Crippen LogP contribution in [0, 0.1) is 5.92 Å². The second kappa shape index (κ2) is 9.05. The molecule has 1 saturated heterocycles. The summed E-state index contributed by atoms with van der Waals surface area (Å²) in [5, 5.41) is 9.38. The van der Waals surface area contributed by atoms with Gasteiger partial charge >= 0.3 is 6.03 Å². The molecule has 0 unspecified atom stereocenters. The zero-order chi connectivity index (χ0) is 18.4. The van der Waals surface area contributed by atoms with E-state index in [1.54, 1.807) is 4.90 Å². The Morgan fingerprint density at radius 3 is 2.54 bits per heavy atom. The van der Waals surface area contributed by atoms with Gasteiger partial charge < -0.3 is 10.2 Å². The Labute approximate surface area is 162 Å². The van der Waals surface area contributed by atoms with Crippen LogP contribution in [0.25, 0.3) is 0 Å². The highest BCUT2D eigenvalue weighted by atomic mass is 35.5. The lowest BCUT2D eigenvalue weighted by Crippen LogP contribution is -2.44. The van der Waals surface area contributed by atoms with Crippen LogP contribution in [0.4, 0.5) is 9.80 Å². The zero-order valence-electron chi connectivity index (χ0n) is 14.4. The van der Waals surface area contributed by atoms with Crippen molar-refractivity contribution in [3.8, 4) is 0 Å². The van der Waals surface area contributed by atoms with E-state index in [0.717, 1.165) is 17.0 Å². The zero-order valence-corrected chi connectivity index (χ0v) is 16.0. The summed E-state index contributed by atoms with van der Waals surface area (Å²) in [6.45, 7) is 1.82. The van der Waals surface area contributed by atoms with Gasteiger partial charge in [-0.1, -0.05) is 23.7 Å². The Kier molecular flexibility index (Phi) is 6.52. The van der Waals surface area contributed by atoms with E-state index < -0.39 is 0 Å². The molecule has 1 aromatic heterocycles. The van der Waals surface area contributed by atoms with Crippen molar-refractivity contribution in [1.82, 2.24) is 10.2 Å². The van der Waals surface area contributed by atoms with Crippen LogP contribution in [0.3, 0.4) is 0 Å². The van der Waals surface area contributed by atoms with E-state index >= 15 is 0 Å². The maximum absolute atomic E-state index is 12.3. The fraction of sp³-hybridized carbons (Fsp3) is 0.368. The fourth-order valence-electron chi connectivity index (χ4n) is 3.00. The highest BCUT2D eigenvalue weighted by Gasteiger charge is 2.27. The minimum absolute atomic E-state index is 0.0222. The Morgan fingerprint density at radius 1 is 1.15 bits per heavy atom. The summed E-state index contributed by atoms with van der Waals surface area (Å²) in [5.41, 5.74) is 1.15. The Balaban J connectivity index is 1.37. The number of carbonyl (C=O) groups excluding carboxylic acids is 2. The van der Waals surface area contributed by atoms with Gasteiger partial charge in [-0.2, -0.15) is 0 Å². The van der Waals surface area contributed by atoms with Crippen molar-refractivity contribution >= 4 is 39.9 Å². The molecule has 1 aliphatic rings. The second-order valence-electron chi connectivity index (χ2n) is 6.34. The number of hydrogen-bond donors (Lipinski definition) is 2. The quantitative estimate of drug-likeness (QED) is 0.809. The summed E-state index contributed by atoms with van der Waals surface area (Å²) >= 11 is 7.37. The number of carbonyl (C=O) groups is 2. The van der Waals surface area contributed by atoms with Gasteiger partial charge in [-0.3, -0.25) is 10.1 Å². The maximum Gasteiger partial charge on any atom is 0.322 e. The summed E-state index contributed by atoms with van der Waals surface area (Å²) in [6.07, 6.45) is 2.18. The fourth-order valence-corrected chi connectivity index (χ4v) is 3.74. The predicted octanol–water partition coefficient (Wildman–Crippen LogP) is 4.00. The van der Waals surface area contributed by atoms with Crippen LogP contribution in [-0.4, -0.2) is 36.5 Å². The van der Waals surface area contributed by atoms with E-state index in [0.29, 0.717) is 37.5 Å². The van der Waals surface area contributed by atoms with Gasteiger partial charge in [-0.15, -0.1) is 11.3 Å². The number of rotatable bonds is 5. The van der Waals surface area contributed by atoms with Crippen molar-refractivity contribution in [3.63, 3.8) is 0 Å². The standard InChI is InChI=1S/C19H22ClN3O2S/c20-16-5-3-14(4-6-16)7-10-21-18(24)15-8-11-23(12-9-15)19(25)22-17-2-1-13-26-17/h1-6,13,15H,7-12H2,(H,21,24)(H,22,25). The molecule has 0 radical (unpaired) electrons. The minimum atomic E-state index is -0.0888. The summed E-state index contributed by atoms with van der Waals surface area (Å²) in [5.74, 6) is 0.0586. The number of piperidine rings is 1. The Morgan fingerprint density at radius 2 is 1.88 bits per heavy atom. The molecular formula is C19H22ClN3O2S. The highest BCUT2D eigenvalue weighted by molar-refractivity contribution is 7.14. The topological polar surface area (TPSA) is 61.4 Å². The van der Waals surface area contributed by atoms with Crippen LogP contribution in [0.1, 0.15) is 18.4 Å². The molecule has 0 spiro atoms. The molecule has 2 heterocycles. The number of nitrogens with zero attached hydrogens (tertiary/aromatic N) is 1. The Hall–Kier alpha value is -2.05. The number of halogens is 1. The van der Waals surface area contributed by atoms with Gasteiger partial charge in [0.25, 0.3) is 0 Å². The smallest absolute Gasteiger partial charge is 0.322 e. The molecule has 2 N–H and O–H groups in total. The first-order chi connectivity index (χ1) is 12.6. The lowest BCUT2D eigenvalue weighted by atomic mass is 9.96. The van der Waals surface area contributed by atoms with Crippen molar-refractivity contribution in [3.05, 3.63) is 52.4 Å². The molecular weight excluding hydrogens is 370 g/mol. The van der Waals surface area contributed by atoms with Crippen molar-refractivity contribution < 1.29 is 9.59 Å². The first kappa shape index (κ1) is 18.7. The minimum Gasteiger partial charge on any atom is -0.356 e. The maximum atomic E-state index is 12.3. The number of anilines is 1. The third kappa shape index (κ3) is 5.22. The number of hydrogen-bond acceptors (Lipinski definition) is 3. The summed E-state index contributed by atoms with van der Waals surface area (Å²) in [6, 6.07) is 11.3. The van der Waals surface area contributed by atoms with Gasteiger partial charge in [0, 0.05) is 30.6 Å². The predicted molar refractivity (Wildman–Crippen MR) is 106 cm³/mol.